The molecule has 0 spiro atoms. The van der Waals surface area contributed by atoms with E-state index in [-0.39, 0.29) is 5.04 Å². The van der Waals surface area contributed by atoms with E-state index < -0.39 is 8.32 Å². The Hall–Kier alpha value is -2.97. The quantitative estimate of drug-likeness (QED) is 0.0579. The molecule has 11 heteroatoms. The van der Waals surface area contributed by atoms with Crippen LogP contribution < -0.4 is 15.1 Å². The predicted molar refractivity (Wildman–Crippen MR) is 197 cm³/mol. The van der Waals surface area contributed by atoms with Crippen molar-refractivity contribution in [2.75, 3.05) is 106 Å². The maximum absolute atomic E-state index is 10.7. The van der Waals surface area contributed by atoms with E-state index in [0.717, 1.165) is 6.29 Å². The molecule has 0 aliphatic heterocycles. The predicted octanol–water partition coefficient (Wildman–Crippen LogP) is 4.57. The van der Waals surface area contributed by atoms with Gasteiger partial charge in [0.1, 0.15) is 18.6 Å². The number of rotatable bonds is 29. The maximum atomic E-state index is 10.7. The molecule has 0 fully saturated rings. The molecule has 0 bridgehead atoms. The van der Waals surface area contributed by atoms with Gasteiger partial charge in [0.2, 0.25) is 0 Å². The monoisotopic (exact) mass is 712 g/mol. The molecule has 0 aromatic heterocycles. The summed E-state index contributed by atoms with van der Waals surface area (Å²) >= 11 is 0. The average molecular weight is 713 g/mol. The summed E-state index contributed by atoms with van der Waals surface area (Å²) in [4.78, 5) is 10.7. The molecular weight excluding hydrogens is 657 g/mol. The first-order valence-corrected chi connectivity index (χ1v) is 19.4. The van der Waals surface area contributed by atoms with Crippen LogP contribution in [-0.2, 0) is 37.6 Å². The molecule has 0 aliphatic rings. The zero-order valence-electron chi connectivity index (χ0n) is 30.1. The summed E-state index contributed by atoms with van der Waals surface area (Å²) in [6.45, 7) is 14.7. The first-order valence-electron chi connectivity index (χ1n) is 17.4. The first-order chi connectivity index (χ1) is 24.5. The van der Waals surface area contributed by atoms with Gasteiger partial charge in [-0.3, -0.25) is 4.79 Å². The zero-order chi connectivity index (χ0) is 35.6. The van der Waals surface area contributed by atoms with E-state index in [1.807, 2.05) is 0 Å². The lowest BCUT2D eigenvalue weighted by Crippen LogP contribution is -2.66. The Balaban J connectivity index is 1.08. The molecule has 0 saturated carbocycles. The minimum Gasteiger partial charge on any atom is -0.491 e. The molecule has 50 heavy (non-hydrogen) atoms. The second-order valence-electron chi connectivity index (χ2n) is 12.3. The van der Waals surface area contributed by atoms with Crippen LogP contribution in [0.25, 0.3) is 0 Å². The molecule has 0 radical (unpaired) electrons. The lowest BCUT2D eigenvalue weighted by atomic mass is 10.2. The van der Waals surface area contributed by atoms with Crippen molar-refractivity contribution in [3.8, 4) is 5.75 Å². The Labute approximate surface area is 299 Å². The van der Waals surface area contributed by atoms with Crippen molar-refractivity contribution < 1.29 is 47.1 Å². The van der Waals surface area contributed by atoms with Crippen LogP contribution in [0.2, 0.25) is 5.04 Å². The number of ether oxygens (including phenoxy) is 8. The van der Waals surface area contributed by atoms with Gasteiger partial charge < -0.3 is 42.3 Å². The minimum atomic E-state index is -2.54. The van der Waals surface area contributed by atoms with E-state index in [1.165, 1.54) is 10.4 Å². The van der Waals surface area contributed by atoms with Crippen molar-refractivity contribution in [2.45, 2.75) is 25.8 Å². The molecule has 3 rings (SSSR count). The third-order valence-electron chi connectivity index (χ3n) is 7.71. The largest absolute Gasteiger partial charge is 0.491 e. The van der Waals surface area contributed by atoms with Gasteiger partial charge in [0.25, 0.3) is 8.32 Å². The summed E-state index contributed by atoms with van der Waals surface area (Å²) in [5.74, 6) is 0.706. The van der Waals surface area contributed by atoms with Gasteiger partial charge in [-0.15, -0.1) is 0 Å². The summed E-state index contributed by atoms with van der Waals surface area (Å²) in [5, 5.41) is 2.47. The van der Waals surface area contributed by atoms with Crippen molar-refractivity contribution in [1.29, 1.82) is 0 Å². The third-order valence-corrected chi connectivity index (χ3v) is 12.7. The summed E-state index contributed by atoms with van der Waals surface area (Å²) in [5.41, 5.74) is 0.620. The highest BCUT2D eigenvalue weighted by Crippen LogP contribution is 2.36. The number of hydrogen-bond acceptors (Lipinski definition) is 10. The Morgan fingerprint density at radius 3 is 1.14 bits per heavy atom. The van der Waals surface area contributed by atoms with Crippen LogP contribution in [0, 0.1) is 0 Å². The van der Waals surface area contributed by atoms with E-state index in [2.05, 4.69) is 81.4 Å². The number of aldehydes is 1. The maximum Gasteiger partial charge on any atom is 0.261 e. The highest BCUT2D eigenvalue weighted by Gasteiger charge is 2.50. The summed E-state index contributed by atoms with van der Waals surface area (Å²) < 4.78 is 51.5. The first kappa shape index (κ1) is 41.4. The Kier molecular flexibility index (Phi) is 20.8. The van der Waals surface area contributed by atoms with Gasteiger partial charge in [0, 0.05) is 5.56 Å². The Morgan fingerprint density at radius 2 is 0.800 bits per heavy atom. The van der Waals surface area contributed by atoms with E-state index in [1.54, 1.807) is 24.3 Å². The van der Waals surface area contributed by atoms with Gasteiger partial charge in [-0.1, -0.05) is 81.4 Å². The fraction of sp³-hybridized carbons (Fsp3) is 0.513. The summed E-state index contributed by atoms with van der Waals surface area (Å²) in [6, 6.07) is 28.2. The van der Waals surface area contributed by atoms with E-state index >= 15 is 0 Å². The third kappa shape index (κ3) is 15.5. The molecule has 276 valence electrons. The zero-order valence-corrected chi connectivity index (χ0v) is 31.1. The standard InChI is InChI=1S/C39H56O10Si/c1-39(2,3)50(37-10-6-4-7-11-37,38-12-8-5-9-13-38)49-33-31-47-29-27-45-25-23-43-21-19-41-18-20-42-22-24-44-26-28-46-30-32-48-36-16-14-35(34-40)15-17-36/h4-17,34H,18-33H2,1-3H3. The van der Waals surface area contributed by atoms with Crippen LogP contribution in [0.15, 0.2) is 84.9 Å². The molecule has 0 unspecified atom stereocenters. The molecule has 10 nitrogen and oxygen atoms in total. The molecule has 3 aromatic carbocycles. The Bertz CT molecular complexity index is 1220. The van der Waals surface area contributed by atoms with E-state index in [4.69, 9.17) is 42.3 Å². The van der Waals surface area contributed by atoms with Gasteiger partial charge in [-0.25, -0.2) is 0 Å². The number of hydrogen-bond donors (Lipinski definition) is 0. The SMILES string of the molecule is CC(C)(C)[Si](OCCOCCOCCOCCOCCOCCOCCOCCOc1ccc(C=O)cc1)(c1ccccc1)c1ccccc1. The molecular formula is C39H56O10Si. The van der Waals surface area contributed by atoms with Crippen LogP contribution in [-0.4, -0.2) is 120 Å². The van der Waals surface area contributed by atoms with Crippen LogP contribution in [0.3, 0.4) is 0 Å². The average Bonchev–Trinajstić information content (AvgIpc) is 3.13. The fourth-order valence-electron chi connectivity index (χ4n) is 5.30. The number of carbonyl (C=O) groups excluding carboxylic acids is 1. The molecule has 0 N–H and O–H groups in total. The molecule has 3 aromatic rings. The Morgan fingerprint density at radius 1 is 0.460 bits per heavy atom. The van der Waals surface area contributed by atoms with Crippen LogP contribution in [0.4, 0.5) is 0 Å². The second kappa shape index (κ2) is 25.1. The number of carbonyl (C=O) groups is 1. The van der Waals surface area contributed by atoms with Gasteiger partial charge in [0.05, 0.1) is 99.1 Å². The van der Waals surface area contributed by atoms with Gasteiger partial charge in [-0.2, -0.15) is 0 Å². The van der Waals surface area contributed by atoms with Gasteiger partial charge >= 0.3 is 0 Å². The molecule has 0 heterocycles. The highest BCUT2D eigenvalue weighted by atomic mass is 28.4. The van der Waals surface area contributed by atoms with Crippen molar-refractivity contribution >= 4 is 25.0 Å². The normalized spacial score (nSPS) is 11.9. The summed E-state index contributed by atoms with van der Waals surface area (Å²) in [6.07, 6.45) is 0.802. The lowest BCUT2D eigenvalue weighted by Gasteiger charge is -2.43. The topological polar surface area (TPSA) is 100 Å². The minimum absolute atomic E-state index is 0.0576. The van der Waals surface area contributed by atoms with Gasteiger partial charge in [-0.05, 0) is 39.7 Å². The fourth-order valence-corrected chi connectivity index (χ4v) is 9.84. The van der Waals surface area contributed by atoms with Crippen LogP contribution >= 0.6 is 0 Å². The molecule has 0 atom stereocenters. The van der Waals surface area contributed by atoms with Crippen LogP contribution in [0.5, 0.6) is 5.75 Å². The van der Waals surface area contributed by atoms with E-state index in [9.17, 15) is 4.79 Å². The summed E-state index contributed by atoms with van der Waals surface area (Å²) in [7, 11) is -2.54. The van der Waals surface area contributed by atoms with E-state index in [0.29, 0.717) is 117 Å². The van der Waals surface area contributed by atoms with Crippen LogP contribution in [0.1, 0.15) is 31.1 Å². The van der Waals surface area contributed by atoms with Gasteiger partial charge in [0.15, 0.2) is 0 Å². The second-order valence-corrected chi connectivity index (χ2v) is 16.6. The van der Waals surface area contributed by atoms with Crippen molar-refractivity contribution in [3.05, 3.63) is 90.5 Å². The van der Waals surface area contributed by atoms with Crippen molar-refractivity contribution in [2.24, 2.45) is 0 Å². The highest BCUT2D eigenvalue weighted by molar-refractivity contribution is 6.99. The smallest absolute Gasteiger partial charge is 0.261 e. The number of benzene rings is 3. The molecule has 0 aliphatic carbocycles. The lowest BCUT2D eigenvalue weighted by molar-refractivity contribution is -0.0219. The van der Waals surface area contributed by atoms with Crippen molar-refractivity contribution in [3.63, 3.8) is 0 Å². The van der Waals surface area contributed by atoms with Crippen molar-refractivity contribution in [1.82, 2.24) is 0 Å². The molecule has 0 saturated heterocycles. The molecule has 0 amide bonds.